The van der Waals surface area contributed by atoms with Crippen molar-refractivity contribution in [1.82, 2.24) is 5.32 Å². The van der Waals surface area contributed by atoms with Gasteiger partial charge in [-0.3, -0.25) is 4.79 Å². The van der Waals surface area contributed by atoms with Crippen LogP contribution >= 0.6 is 31.9 Å². The van der Waals surface area contributed by atoms with Crippen LogP contribution in [0.25, 0.3) is 0 Å². The van der Waals surface area contributed by atoms with E-state index in [-0.39, 0.29) is 11.4 Å². The molecule has 0 atom stereocenters. The van der Waals surface area contributed by atoms with Gasteiger partial charge in [0.25, 0.3) is 5.91 Å². The zero-order valence-electron chi connectivity index (χ0n) is 11.0. The number of hydrogen-bond donors (Lipinski definition) is 1. The third kappa shape index (κ3) is 3.58. The van der Waals surface area contributed by atoms with Crippen LogP contribution in [-0.2, 0) is 0 Å². The topological polar surface area (TPSA) is 29.1 Å². The molecule has 18 heavy (non-hydrogen) atoms. The predicted molar refractivity (Wildman–Crippen MR) is 84.0 cm³/mol. The van der Waals surface area contributed by atoms with Crippen molar-refractivity contribution in [3.05, 3.63) is 34.9 Å². The highest BCUT2D eigenvalue weighted by atomic mass is 79.9. The number of carbonyl (C=O) groups is 1. The van der Waals surface area contributed by atoms with Gasteiger partial charge < -0.3 is 5.32 Å². The highest BCUT2D eigenvalue weighted by Gasteiger charge is 2.28. The molecule has 0 aromatic heterocycles. The quantitative estimate of drug-likeness (QED) is 0.774. The van der Waals surface area contributed by atoms with Crippen LogP contribution in [0.3, 0.4) is 0 Å². The molecule has 0 fully saturated rings. The highest BCUT2D eigenvalue weighted by molar-refractivity contribution is 9.09. The Balaban J connectivity index is 2.90. The van der Waals surface area contributed by atoms with Gasteiger partial charge in [0.2, 0.25) is 0 Å². The summed E-state index contributed by atoms with van der Waals surface area (Å²) < 4.78 is 0. The fourth-order valence-corrected chi connectivity index (χ4v) is 3.58. The van der Waals surface area contributed by atoms with Crippen molar-refractivity contribution < 1.29 is 4.79 Å². The molecule has 0 heterocycles. The number of amides is 1. The van der Waals surface area contributed by atoms with Gasteiger partial charge in [-0.2, -0.15) is 0 Å². The van der Waals surface area contributed by atoms with Gasteiger partial charge in [0, 0.05) is 16.2 Å². The lowest BCUT2D eigenvalue weighted by molar-refractivity contribution is 0.0915. The summed E-state index contributed by atoms with van der Waals surface area (Å²) in [6.45, 7) is 6.14. The van der Waals surface area contributed by atoms with Crippen LogP contribution in [0.1, 0.15) is 34.8 Å². The first kappa shape index (κ1) is 15.7. The molecule has 0 saturated carbocycles. The van der Waals surface area contributed by atoms with Crippen molar-refractivity contribution in [1.29, 1.82) is 0 Å². The fraction of sp³-hybridized carbons (Fsp3) is 0.500. The van der Waals surface area contributed by atoms with Crippen LogP contribution in [0, 0.1) is 13.8 Å². The third-order valence-electron chi connectivity index (χ3n) is 3.34. The Bertz CT molecular complexity index is 420. The minimum absolute atomic E-state index is 0.0150. The summed E-state index contributed by atoms with van der Waals surface area (Å²) in [6, 6.07) is 5.80. The molecule has 0 bridgehead atoms. The molecule has 0 radical (unpaired) electrons. The largest absolute Gasteiger partial charge is 0.345 e. The maximum atomic E-state index is 12.2. The van der Waals surface area contributed by atoms with Crippen LogP contribution in [0.2, 0.25) is 0 Å². The molecule has 0 aliphatic rings. The van der Waals surface area contributed by atoms with E-state index in [9.17, 15) is 4.79 Å². The first-order valence-corrected chi connectivity index (χ1v) is 8.24. The van der Waals surface area contributed by atoms with Crippen molar-refractivity contribution in [3.63, 3.8) is 0 Å². The molecular formula is C14H19Br2NO. The number of aryl methyl sites for hydroxylation is 2. The van der Waals surface area contributed by atoms with Gasteiger partial charge in [0.1, 0.15) is 0 Å². The van der Waals surface area contributed by atoms with Crippen LogP contribution in [0.4, 0.5) is 0 Å². The van der Waals surface area contributed by atoms with E-state index < -0.39 is 0 Å². The Kier molecular flexibility index (Phi) is 5.86. The Morgan fingerprint density at radius 3 is 2.28 bits per heavy atom. The van der Waals surface area contributed by atoms with Gasteiger partial charge in [-0.25, -0.2) is 0 Å². The van der Waals surface area contributed by atoms with E-state index in [2.05, 4.69) is 44.1 Å². The van der Waals surface area contributed by atoms with Crippen LogP contribution < -0.4 is 5.32 Å². The molecule has 0 saturated heterocycles. The highest BCUT2D eigenvalue weighted by Crippen LogP contribution is 2.18. The number of benzene rings is 1. The summed E-state index contributed by atoms with van der Waals surface area (Å²) in [6.07, 6.45) is 0.875. The maximum absolute atomic E-state index is 12.2. The molecule has 100 valence electrons. The summed E-state index contributed by atoms with van der Waals surface area (Å²) in [5.74, 6) is -0.0150. The number of carbonyl (C=O) groups excluding carboxylic acids is 1. The van der Waals surface area contributed by atoms with Crippen molar-refractivity contribution in [3.8, 4) is 0 Å². The second kappa shape index (κ2) is 6.71. The first-order chi connectivity index (χ1) is 8.48. The van der Waals surface area contributed by atoms with Crippen LogP contribution in [0.15, 0.2) is 18.2 Å². The first-order valence-electron chi connectivity index (χ1n) is 5.99. The summed E-state index contributed by atoms with van der Waals surface area (Å²) in [7, 11) is 0. The molecule has 2 nitrogen and oxygen atoms in total. The fourth-order valence-electron chi connectivity index (χ4n) is 1.58. The smallest absolute Gasteiger partial charge is 0.251 e. The van der Waals surface area contributed by atoms with Gasteiger partial charge in [0.15, 0.2) is 0 Å². The predicted octanol–water partition coefficient (Wildman–Crippen LogP) is 3.97. The van der Waals surface area contributed by atoms with Crippen molar-refractivity contribution in [2.45, 2.75) is 32.7 Å². The molecule has 1 rings (SSSR count). The molecule has 1 amide bonds. The van der Waals surface area contributed by atoms with Crippen molar-refractivity contribution >= 4 is 37.8 Å². The molecule has 1 aromatic carbocycles. The average Bonchev–Trinajstić information content (AvgIpc) is 2.39. The summed E-state index contributed by atoms with van der Waals surface area (Å²) >= 11 is 6.95. The lowest BCUT2D eigenvalue weighted by Gasteiger charge is -2.30. The van der Waals surface area contributed by atoms with E-state index in [1.54, 1.807) is 0 Å². The molecular weight excluding hydrogens is 358 g/mol. The van der Waals surface area contributed by atoms with E-state index in [1.807, 2.05) is 32.0 Å². The van der Waals surface area contributed by atoms with Gasteiger partial charge in [0.05, 0.1) is 5.54 Å². The van der Waals surface area contributed by atoms with Gasteiger partial charge in [-0.05, 0) is 43.5 Å². The number of halogens is 2. The Morgan fingerprint density at radius 2 is 1.83 bits per heavy atom. The molecule has 1 aromatic rings. The Labute approximate surface area is 126 Å². The number of rotatable bonds is 5. The van der Waals surface area contributed by atoms with Crippen LogP contribution in [-0.4, -0.2) is 22.1 Å². The second-order valence-electron chi connectivity index (χ2n) is 4.65. The van der Waals surface area contributed by atoms with Crippen molar-refractivity contribution in [2.75, 3.05) is 10.7 Å². The van der Waals surface area contributed by atoms with Gasteiger partial charge in [-0.15, -0.1) is 0 Å². The minimum atomic E-state index is -0.226. The van der Waals surface area contributed by atoms with E-state index in [0.717, 1.165) is 28.2 Å². The van der Waals surface area contributed by atoms with E-state index >= 15 is 0 Å². The van der Waals surface area contributed by atoms with E-state index in [4.69, 9.17) is 0 Å². The Hall–Kier alpha value is -0.350. The molecule has 1 N–H and O–H groups in total. The summed E-state index contributed by atoms with van der Waals surface area (Å²) in [5.41, 5.74) is 2.84. The minimum Gasteiger partial charge on any atom is -0.345 e. The molecule has 0 aliphatic carbocycles. The van der Waals surface area contributed by atoms with E-state index in [0.29, 0.717) is 0 Å². The monoisotopic (exact) mass is 375 g/mol. The normalized spacial score (nSPS) is 11.4. The zero-order chi connectivity index (χ0) is 13.8. The number of nitrogens with one attached hydrogen (secondary N) is 1. The second-order valence-corrected chi connectivity index (χ2v) is 5.78. The Morgan fingerprint density at radius 1 is 1.22 bits per heavy atom. The molecule has 0 unspecified atom stereocenters. The van der Waals surface area contributed by atoms with Crippen LogP contribution in [0.5, 0.6) is 0 Å². The van der Waals surface area contributed by atoms with Gasteiger partial charge in [-0.1, -0.05) is 44.8 Å². The lowest BCUT2D eigenvalue weighted by atomic mass is 10.00. The molecule has 0 spiro atoms. The standard InChI is InChI=1S/C14H19Br2NO/c1-4-14(8-15,9-16)17-13(18)12-6-5-10(2)11(3)7-12/h5-7H,4,8-9H2,1-3H3,(H,17,18). The zero-order valence-corrected chi connectivity index (χ0v) is 14.2. The lowest BCUT2D eigenvalue weighted by Crippen LogP contribution is -2.51. The van der Waals surface area contributed by atoms with E-state index in [1.165, 1.54) is 5.56 Å². The number of hydrogen-bond acceptors (Lipinski definition) is 1. The van der Waals surface area contributed by atoms with Crippen molar-refractivity contribution in [2.24, 2.45) is 0 Å². The number of alkyl halides is 2. The SMILES string of the molecule is CCC(CBr)(CBr)NC(=O)c1ccc(C)c(C)c1. The molecule has 0 aliphatic heterocycles. The third-order valence-corrected chi connectivity index (χ3v) is 5.48. The summed E-state index contributed by atoms with van der Waals surface area (Å²) in [5, 5.41) is 4.58. The summed E-state index contributed by atoms with van der Waals surface area (Å²) in [4.78, 5) is 12.2. The maximum Gasteiger partial charge on any atom is 0.251 e. The average molecular weight is 377 g/mol. The molecule has 4 heteroatoms. The van der Waals surface area contributed by atoms with Gasteiger partial charge >= 0.3 is 0 Å².